The quantitative estimate of drug-likeness (QED) is 0.271. The molecule has 3 aromatic carbocycles. The number of benzene rings is 3. The van der Waals surface area contributed by atoms with Crippen LogP contribution in [0.2, 0.25) is 0 Å². The fourth-order valence-corrected chi connectivity index (χ4v) is 4.26. The number of nitrogens with zero attached hydrogens (tertiary/aromatic N) is 1. The molecule has 0 saturated carbocycles. The van der Waals surface area contributed by atoms with Gasteiger partial charge in [-0.15, -0.1) is 0 Å². The average molecular weight is 472 g/mol. The molecule has 3 aromatic rings. The van der Waals surface area contributed by atoms with E-state index in [9.17, 15) is 14.7 Å². The van der Waals surface area contributed by atoms with Crippen molar-refractivity contribution in [1.29, 1.82) is 0 Å². The lowest BCUT2D eigenvalue weighted by molar-refractivity contribution is -0.132. The zero-order valence-electron chi connectivity index (χ0n) is 20.4. The monoisotopic (exact) mass is 471 g/mol. The van der Waals surface area contributed by atoms with Crippen molar-refractivity contribution in [1.82, 2.24) is 0 Å². The number of anilines is 1. The highest BCUT2D eigenvalue weighted by Gasteiger charge is 2.47. The summed E-state index contributed by atoms with van der Waals surface area (Å²) in [5.41, 5.74) is 3.56. The molecule has 35 heavy (non-hydrogen) atoms. The number of rotatable bonds is 7. The van der Waals surface area contributed by atoms with Crippen molar-refractivity contribution < 1.29 is 24.2 Å². The third kappa shape index (κ3) is 4.64. The van der Waals surface area contributed by atoms with E-state index in [2.05, 4.69) is 0 Å². The fraction of sp³-hybridized carbons (Fsp3) is 0.241. The Labute approximate surface area is 205 Å². The van der Waals surface area contributed by atoms with Gasteiger partial charge in [-0.25, -0.2) is 0 Å². The highest BCUT2D eigenvalue weighted by molar-refractivity contribution is 6.51. The van der Waals surface area contributed by atoms with Crippen LogP contribution in [0.25, 0.3) is 5.76 Å². The molecule has 0 bridgehead atoms. The van der Waals surface area contributed by atoms with Crippen LogP contribution < -0.4 is 14.4 Å². The van der Waals surface area contributed by atoms with Gasteiger partial charge in [-0.2, -0.15) is 0 Å². The number of ketones is 1. The lowest BCUT2D eigenvalue weighted by Gasteiger charge is -2.26. The van der Waals surface area contributed by atoms with E-state index in [-0.39, 0.29) is 11.3 Å². The summed E-state index contributed by atoms with van der Waals surface area (Å²) in [6.07, 6.45) is 0.884. The summed E-state index contributed by atoms with van der Waals surface area (Å²) in [6, 6.07) is 19.1. The minimum absolute atomic E-state index is 0.0572. The number of ether oxygens (including phenoxy) is 2. The van der Waals surface area contributed by atoms with Gasteiger partial charge in [0.25, 0.3) is 11.7 Å². The summed E-state index contributed by atoms with van der Waals surface area (Å²) < 4.78 is 10.9. The van der Waals surface area contributed by atoms with Crippen LogP contribution in [0.15, 0.2) is 72.3 Å². The van der Waals surface area contributed by atoms with Crippen LogP contribution in [0.4, 0.5) is 5.69 Å². The number of hydrogen-bond acceptors (Lipinski definition) is 5. The van der Waals surface area contributed by atoms with Gasteiger partial charge < -0.3 is 14.6 Å². The van der Waals surface area contributed by atoms with Crippen LogP contribution in [-0.2, 0) is 9.59 Å². The molecule has 0 aromatic heterocycles. The van der Waals surface area contributed by atoms with E-state index >= 15 is 0 Å². The Morgan fingerprint density at radius 1 is 0.943 bits per heavy atom. The minimum Gasteiger partial charge on any atom is -0.507 e. The van der Waals surface area contributed by atoms with Crippen molar-refractivity contribution in [3.8, 4) is 11.5 Å². The van der Waals surface area contributed by atoms with Crippen molar-refractivity contribution in [2.45, 2.75) is 33.2 Å². The first-order chi connectivity index (χ1) is 16.8. The molecule has 1 fully saturated rings. The number of amides is 1. The maximum absolute atomic E-state index is 13.4. The van der Waals surface area contributed by atoms with Crippen LogP contribution in [0.3, 0.4) is 0 Å². The molecule has 1 saturated heterocycles. The first-order valence-electron chi connectivity index (χ1n) is 11.6. The molecule has 1 aliphatic rings. The molecular weight excluding hydrogens is 442 g/mol. The Morgan fingerprint density at radius 3 is 2.23 bits per heavy atom. The molecule has 6 heteroatoms. The van der Waals surface area contributed by atoms with Gasteiger partial charge in [-0.1, -0.05) is 36.8 Å². The van der Waals surface area contributed by atoms with Crippen molar-refractivity contribution in [2.75, 3.05) is 18.6 Å². The number of aliphatic hydroxyl groups is 1. The van der Waals surface area contributed by atoms with E-state index in [4.69, 9.17) is 9.47 Å². The van der Waals surface area contributed by atoms with E-state index in [1.165, 1.54) is 4.90 Å². The van der Waals surface area contributed by atoms with E-state index in [1.54, 1.807) is 31.4 Å². The summed E-state index contributed by atoms with van der Waals surface area (Å²) in [5.74, 6) is -0.271. The Hall–Kier alpha value is -4.06. The predicted octanol–water partition coefficient (Wildman–Crippen LogP) is 5.73. The molecule has 6 nitrogen and oxygen atoms in total. The Balaban J connectivity index is 1.89. The third-order valence-electron chi connectivity index (χ3n) is 6.11. The van der Waals surface area contributed by atoms with Gasteiger partial charge in [0.2, 0.25) is 0 Å². The first-order valence-corrected chi connectivity index (χ1v) is 11.6. The second kappa shape index (κ2) is 10.1. The molecule has 1 amide bonds. The van der Waals surface area contributed by atoms with Gasteiger partial charge >= 0.3 is 0 Å². The van der Waals surface area contributed by atoms with Crippen molar-refractivity contribution in [2.24, 2.45) is 0 Å². The van der Waals surface area contributed by atoms with E-state index < -0.39 is 17.7 Å². The maximum Gasteiger partial charge on any atom is 0.300 e. The van der Waals surface area contributed by atoms with Crippen molar-refractivity contribution in [3.05, 3.63) is 94.6 Å². The van der Waals surface area contributed by atoms with E-state index in [1.807, 2.05) is 63.2 Å². The van der Waals surface area contributed by atoms with Crippen LogP contribution in [0.1, 0.15) is 41.6 Å². The molecule has 1 heterocycles. The molecule has 180 valence electrons. The zero-order chi connectivity index (χ0) is 25.1. The third-order valence-corrected chi connectivity index (χ3v) is 6.11. The highest BCUT2D eigenvalue weighted by atomic mass is 16.5. The number of carbonyl (C=O) groups excluding carboxylic acids is 2. The molecule has 1 aliphatic heterocycles. The van der Waals surface area contributed by atoms with Gasteiger partial charge in [0.15, 0.2) is 0 Å². The van der Waals surface area contributed by atoms with Gasteiger partial charge in [0.1, 0.15) is 17.3 Å². The highest BCUT2D eigenvalue weighted by Crippen LogP contribution is 2.43. The largest absolute Gasteiger partial charge is 0.507 e. The van der Waals surface area contributed by atoms with Crippen LogP contribution in [-0.4, -0.2) is 30.5 Å². The number of Topliss-reactive ketones (excluding diaryl/α,β-unsaturated/α-hetero) is 1. The first kappa shape index (κ1) is 24.1. The predicted molar refractivity (Wildman–Crippen MR) is 136 cm³/mol. The summed E-state index contributed by atoms with van der Waals surface area (Å²) in [7, 11) is 1.56. The maximum atomic E-state index is 13.4. The lowest BCUT2D eigenvalue weighted by Crippen LogP contribution is -2.29. The number of aliphatic hydroxyl groups excluding tert-OH is 1. The second-order valence-electron chi connectivity index (χ2n) is 8.60. The fourth-order valence-electron chi connectivity index (χ4n) is 4.26. The Morgan fingerprint density at radius 2 is 1.60 bits per heavy atom. The molecular formula is C29H29NO5. The van der Waals surface area contributed by atoms with Crippen molar-refractivity contribution >= 4 is 23.1 Å². The van der Waals surface area contributed by atoms with Gasteiger partial charge in [0.05, 0.1) is 25.3 Å². The molecule has 0 aliphatic carbocycles. The molecule has 4 rings (SSSR count). The average Bonchev–Trinajstić information content (AvgIpc) is 3.14. The van der Waals surface area contributed by atoms with E-state index in [0.717, 1.165) is 17.5 Å². The van der Waals surface area contributed by atoms with Gasteiger partial charge in [-0.3, -0.25) is 14.5 Å². The second-order valence-corrected chi connectivity index (χ2v) is 8.60. The lowest BCUT2D eigenvalue weighted by atomic mass is 9.93. The van der Waals surface area contributed by atoms with E-state index in [0.29, 0.717) is 34.9 Å². The SMILES string of the molecule is CCCOc1ccc(C2/C(=C(\O)c3cc(C)ccc3C)C(=O)C(=O)N2c2ccc(OC)cc2)cc1. The summed E-state index contributed by atoms with van der Waals surface area (Å²) >= 11 is 0. The number of methoxy groups -OCH3 is 1. The zero-order valence-corrected chi connectivity index (χ0v) is 20.4. The van der Waals surface area contributed by atoms with Crippen LogP contribution in [0, 0.1) is 13.8 Å². The van der Waals surface area contributed by atoms with Crippen LogP contribution in [0.5, 0.6) is 11.5 Å². The number of aryl methyl sites for hydroxylation is 2. The topological polar surface area (TPSA) is 76.1 Å². The standard InChI is InChI=1S/C29H29NO5/c1-5-16-35-23-12-8-20(9-13-23)26-25(27(31)24-17-18(2)6-7-19(24)3)28(32)29(33)30(26)21-10-14-22(34-4)15-11-21/h6-15,17,26,31H,5,16H2,1-4H3/b27-25+. The molecule has 1 N–H and O–H groups in total. The Kier molecular flexibility index (Phi) is 6.92. The number of carbonyl (C=O) groups is 2. The Bertz CT molecular complexity index is 1280. The molecule has 0 spiro atoms. The van der Waals surface area contributed by atoms with Gasteiger partial charge in [0, 0.05) is 11.3 Å². The molecule has 0 radical (unpaired) electrons. The minimum atomic E-state index is -0.802. The molecule has 1 atom stereocenters. The van der Waals surface area contributed by atoms with Crippen molar-refractivity contribution in [3.63, 3.8) is 0 Å². The summed E-state index contributed by atoms with van der Waals surface area (Å²) in [4.78, 5) is 28.1. The normalized spacial score (nSPS) is 17.0. The number of hydrogen-bond donors (Lipinski definition) is 1. The molecule has 1 unspecified atom stereocenters. The van der Waals surface area contributed by atoms with Crippen LogP contribution >= 0.6 is 0 Å². The smallest absolute Gasteiger partial charge is 0.300 e. The summed E-state index contributed by atoms with van der Waals surface area (Å²) in [5, 5.41) is 11.4. The summed E-state index contributed by atoms with van der Waals surface area (Å²) in [6.45, 7) is 6.40. The van der Waals surface area contributed by atoms with Gasteiger partial charge in [-0.05, 0) is 73.9 Å².